The molecule has 1 aromatic rings. The van der Waals surface area contributed by atoms with Crippen molar-refractivity contribution < 1.29 is 9.90 Å². The van der Waals surface area contributed by atoms with Crippen LogP contribution >= 0.6 is 0 Å². The van der Waals surface area contributed by atoms with Crippen LogP contribution < -0.4 is 10.6 Å². The number of nitrogens with one attached hydrogen (secondary N) is 2. The minimum atomic E-state index is -0.201. The Morgan fingerprint density at radius 1 is 1.32 bits per heavy atom. The zero-order valence-corrected chi connectivity index (χ0v) is 11.7. The summed E-state index contributed by atoms with van der Waals surface area (Å²) < 4.78 is 0. The van der Waals surface area contributed by atoms with E-state index in [4.69, 9.17) is 0 Å². The fraction of sp³-hybridized carbons (Fsp3) is 0.533. The zero-order chi connectivity index (χ0) is 14.1. The van der Waals surface area contributed by atoms with Crippen LogP contribution in [0.1, 0.15) is 38.3 Å². The van der Waals surface area contributed by atoms with Gasteiger partial charge in [0.1, 0.15) is 0 Å². The first-order valence-electron chi connectivity index (χ1n) is 6.86. The maximum absolute atomic E-state index is 11.7. The normalized spacial score (nSPS) is 13.8. The number of benzene rings is 1. The quantitative estimate of drug-likeness (QED) is 0.668. The number of carbonyl (C=O) groups is 1. The van der Waals surface area contributed by atoms with Gasteiger partial charge in [0, 0.05) is 6.04 Å². The van der Waals surface area contributed by atoms with Crippen LogP contribution in [-0.2, 0) is 4.79 Å². The molecule has 2 unspecified atom stereocenters. The fourth-order valence-corrected chi connectivity index (χ4v) is 2.02. The van der Waals surface area contributed by atoms with E-state index in [2.05, 4.69) is 17.6 Å². The number of amides is 1. The number of carbonyl (C=O) groups excluding carboxylic acids is 1. The third kappa shape index (κ3) is 5.85. The van der Waals surface area contributed by atoms with Crippen LogP contribution in [0.2, 0.25) is 0 Å². The topological polar surface area (TPSA) is 61.4 Å². The summed E-state index contributed by atoms with van der Waals surface area (Å²) >= 11 is 0. The molecule has 3 N–H and O–H groups in total. The summed E-state index contributed by atoms with van der Waals surface area (Å²) in [6.45, 7) is 4.29. The lowest BCUT2D eigenvalue weighted by atomic mass is 10.1. The maximum atomic E-state index is 11.7. The molecule has 0 fully saturated rings. The van der Waals surface area contributed by atoms with Gasteiger partial charge in [-0.3, -0.25) is 10.1 Å². The molecule has 0 heterocycles. The van der Waals surface area contributed by atoms with Crippen molar-refractivity contribution in [1.29, 1.82) is 0 Å². The Morgan fingerprint density at radius 3 is 2.58 bits per heavy atom. The Kier molecular flexibility index (Phi) is 7.15. The Bertz CT molecular complexity index is 368. The molecular formula is C15H24N2O2. The predicted molar refractivity (Wildman–Crippen MR) is 76.8 cm³/mol. The van der Waals surface area contributed by atoms with Gasteiger partial charge in [0.25, 0.3) is 0 Å². The molecule has 1 aromatic carbocycles. The van der Waals surface area contributed by atoms with Crippen molar-refractivity contribution in [2.45, 2.75) is 38.8 Å². The van der Waals surface area contributed by atoms with Crippen molar-refractivity contribution in [3.05, 3.63) is 35.9 Å². The first-order chi connectivity index (χ1) is 9.17. The van der Waals surface area contributed by atoms with Gasteiger partial charge in [0.2, 0.25) is 5.91 Å². The number of hydrogen-bond acceptors (Lipinski definition) is 3. The van der Waals surface area contributed by atoms with Crippen molar-refractivity contribution >= 4 is 5.91 Å². The average molecular weight is 264 g/mol. The smallest absolute Gasteiger partial charge is 0.234 e. The monoisotopic (exact) mass is 264 g/mol. The van der Waals surface area contributed by atoms with Crippen molar-refractivity contribution in [3.63, 3.8) is 0 Å². The third-order valence-corrected chi connectivity index (χ3v) is 3.02. The lowest BCUT2D eigenvalue weighted by Gasteiger charge is -2.18. The summed E-state index contributed by atoms with van der Waals surface area (Å²) in [4.78, 5) is 11.7. The molecule has 0 spiro atoms. The van der Waals surface area contributed by atoms with Crippen LogP contribution in [0.15, 0.2) is 30.3 Å². The summed E-state index contributed by atoms with van der Waals surface area (Å²) in [5, 5.41) is 15.4. The SMILES string of the molecule is CCCC(C)NC(=O)CNC(CO)c1ccccc1. The van der Waals surface area contributed by atoms with Gasteiger partial charge in [0.15, 0.2) is 0 Å². The van der Waals surface area contributed by atoms with Crippen LogP contribution in [0.25, 0.3) is 0 Å². The molecule has 1 amide bonds. The molecule has 19 heavy (non-hydrogen) atoms. The molecule has 0 aliphatic carbocycles. The molecule has 0 aliphatic rings. The van der Waals surface area contributed by atoms with Gasteiger partial charge in [-0.15, -0.1) is 0 Å². The van der Waals surface area contributed by atoms with E-state index in [0.717, 1.165) is 18.4 Å². The Hall–Kier alpha value is -1.39. The largest absolute Gasteiger partial charge is 0.394 e. The van der Waals surface area contributed by atoms with Gasteiger partial charge in [-0.1, -0.05) is 43.7 Å². The number of aliphatic hydroxyl groups excluding tert-OH is 1. The van der Waals surface area contributed by atoms with E-state index in [9.17, 15) is 9.90 Å². The van der Waals surface area contributed by atoms with Gasteiger partial charge < -0.3 is 10.4 Å². The molecule has 4 nitrogen and oxygen atoms in total. The van der Waals surface area contributed by atoms with Crippen molar-refractivity contribution in [2.75, 3.05) is 13.2 Å². The lowest BCUT2D eigenvalue weighted by Crippen LogP contribution is -2.40. The minimum absolute atomic E-state index is 0.0260. The molecule has 1 rings (SSSR count). The number of hydrogen-bond donors (Lipinski definition) is 3. The van der Waals surface area contributed by atoms with E-state index in [0.29, 0.717) is 0 Å². The highest BCUT2D eigenvalue weighted by atomic mass is 16.3. The van der Waals surface area contributed by atoms with Gasteiger partial charge in [-0.25, -0.2) is 0 Å². The summed E-state index contributed by atoms with van der Waals surface area (Å²) in [7, 11) is 0. The van der Waals surface area contributed by atoms with Gasteiger partial charge in [-0.05, 0) is 18.9 Å². The van der Waals surface area contributed by atoms with E-state index >= 15 is 0 Å². The van der Waals surface area contributed by atoms with Crippen LogP contribution in [0.5, 0.6) is 0 Å². The first-order valence-corrected chi connectivity index (χ1v) is 6.86. The van der Waals surface area contributed by atoms with Crippen molar-refractivity contribution in [3.8, 4) is 0 Å². The highest BCUT2D eigenvalue weighted by Gasteiger charge is 2.12. The summed E-state index contributed by atoms with van der Waals surface area (Å²) in [6.07, 6.45) is 2.03. The third-order valence-electron chi connectivity index (χ3n) is 3.02. The highest BCUT2D eigenvalue weighted by Crippen LogP contribution is 2.10. The lowest BCUT2D eigenvalue weighted by molar-refractivity contribution is -0.121. The van der Waals surface area contributed by atoms with Crippen LogP contribution in [0.4, 0.5) is 0 Å². The second-order valence-electron chi connectivity index (χ2n) is 4.78. The van der Waals surface area contributed by atoms with E-state index in [1.807, 2.05) is 37.3 Å². The molecule has 0 aliphatic heterocycles. The molecule has 0 radical (unpaired) electrons. The van der Waals surface area contributed by atoms with Gasteiger partial charge in [-0.2, -0.15) is 0 Å². The number of rotatable bonds is 8. The highest BCUT2D eigenvalue weighted by molar-refractivity contribution is 5.78. The van der Waals surface area contributed by atoms with E-state index in [-0.39, 0.29) is 31.1 Å². The molecular weight excluding hydrogens is 240 g/mol. The van der Waals surface area contributed by atoms with Gasteiger partial charge in [0.05, 0.1) is 19.2 Å². The second kappa shape index (κ2) is 8.67. The maximum Gasteiger partial charge on any atom is 0.234 e. The Balaban J connectivity index is 2.39. The molecule has 0 saturated heterocycles. The summed E-state index contributed by atoms with van der Waals surface area (Å²) in [5.74, 6) is -0.0321. The van der Waals surface area contributed by atoms with E-state index in [1.54, 1.807) is 0 Å². The molecule has 0 saturated carbocycles. The Labute approximate surface area is 115 Å². The standard InChI is InChI=1S/C15H24N2O2/c1-3-7-12(2)17-15(19)10-16-14(11-18)13-8-5-4-6-9-13/h4-6,8-9,12,14,16,18H,3,7,10-11H2,1-2H3,(H,17,19). The first kappa shape index (κ1) is 15.7. The molecule has 4 heteroatoms. The second-order valence-corrected chi connectivity index (χ2v) is 4.78. The predicted octanol–water partition coefficient (Wildman–Crippen LogP) is 1.61. The zero-order valence-electron chi connectivity index (χ0n) is 11.7. The number of aliphatic hydroxyl groups is 1. The molecule has 2 atom stereocenters. The molecule has 106 valence electrons. The van der Waals surface area contributed by atoms with Crippen LogP contribution in [0.3, 0.4) is 0 Å². The van der Waals surface area contributed by atoms with Crippen molar-refractivity contribution in [1.82, 2.24) is 10.6 Å². The minimum Gasteiger partial charge on any atom is -0.394 e. The Morgan fingerprint density at radius 2 is 2.00 bits per heavy atom. The van der Waals surface area contributed by atoms with Crippen LogP contribution in [0, 0.1) is 0 Å². The van der Waals surface area contributed by atoms with Gasteiger partial charge >= 0.3 is 0 Å². The fourth-order valence-electron chi connectivity index (χ4n) is 2.02. The van der Waals surface area contributed by atoms with Crippen molar-refractivity contribution in [2.24, 2.45) is 0 Å². The molecule has 0 aromatic heterocycles. The average Bonchev–Trinajstić information content (AvgIpc) is 2.41. The van der Waals surface area contributed by atoms with E-state index in [1.165, 1.54) is 0 Å². The molecule has 0 bridgehead atoms. The summed E-state index contributed by atoms with van der Waals surface area (Å²) in [5.41, 5.74) is 0.986. The van der Waals surface area contributed by atoms with E-state index < -0.39 is 0 Å². The van der Waals surface area contributed by atoms with Crippen LogP contribution in [-0.4, -0.2) is 30.2 Å². The summed E-state index contributed by atoms with van der Waals surface area (Å²) in [6, 6.07) is 9.64.